The number of aryl methyl sites for hydroxylation is 1. The average molecular weight is 353 g/mol. The van der Waals surface area contributed by atoms with Crippen LogP contribution < -0.4 is 10.6 Å². The smallest absolute Gasteiger partial charge is 0.170 e. The molecule has 7 heteroatoms. The minimum Gasteiger partial charge on any atom is -0.383 e. The Hall–Kier alpha value is -1.63. The molecule has 23 heavy (non-hydrogen) atoms. The molecule has 0 radical (unpaired) electrons. The lowest BCUT2D eigenvalue weighted by atomic mass is 10.2. The van der Waals surface area contributed by atoms with Crippen molar-refractivity contribution in [3.63, 3.8) is 0 Å². The van der Waals surface area contributed by atoms with E-state index in [9.17, 15) is 0 Å². The van der Waals surface area contributed by atoms with Gasteiger partial charge in [0.05, 0.1) is 30.2 Å². The zero-order valence-corrected chi connectivity index (χ0v) is 15.1. The average Bonchev–Trinajstić information content (AvgIpc) is 2.77. The van der Waals surface area contributed by atoms with E-state index in [1.807, 2.05) is 42.8 Å². The lowest BCUT2D eigenvalue weighted by Crippen LogP contribution is -2.31. The van der Waals surface area contributed by atoms with Gasteiger partial charge in [0.1, 0.15) is 0 Å². The highest BCUT2D eigenvalue weighted by Gasteiger charge is 2.12. The van der Waals surface area contributed by atoms with Crippen LogP contribution in [0, 0.1) is 13.8 Å². The first-order valence-electron chi connectivity index (χ1n) is 7.33. The zero-order chi connectivity index (χ0) is 16.8. The van der Waals surface area contributed by atoms with E-state index in [1.165, 1.54) is 0 Å². The lowest BCUT2D eigenvalue weighted by Gasteiger charge is -2.11. The third-order valence-corrected chi connectivity index (χ3v) is 3.96. The van der Waals surface area contributed by atoms with Crippen LogP contribution in [0.25, 0.3) is 0 Å². The third kappa shape index (κ3) is 4.92. The number of benzene rings is 1. The summed E-state index contributed by atoms with van der Waals surface area (Å²) in [6, 6.07) is 7.78. The zero-order valence-electron chi connectivity index (χ0n) is 13.5. The van der Waals surface area contributed by atoms with Gasteiger partial charge in [-0.05, 0) is 43.8 Å². The second-order valence-electron chi connectivity index (χ2n) is 5.20. The molecule has 1 heterocycles. The van der Waals surface area contributed by atoms with Crippen LogP contribution in [0.4, 0.5) is 5.69 Å². The molecule has 1 aromatic heterocycles. The van der Waals surface area contributed by atoms with E-state index >= 15 is 0 Å². The molecule has 0 aliphatic carbocycles. The van der Waals surface area contributed by atoms with Gasteiger partial charge in [0.15, 0.2) is 5.11 Å². The molecule has 0 spiro atoms. The predicted molar refractivity (Wildman–Crippen MR) is 98.4 cm³/mol. The molecule has 0 saturated carbocycles. The summed E-state index contributed by atoms with van der Waals surface area (Å²) < 4.78 is 6.95. The Balaban J connectivity index is 2.06. The molecule has 5 nitrogen and oxygen atoms in total. The second kappa shape index (κ2) is 8.29. The van der Waals surface area contributed by atoms with Gasteiger partial charge in [0, 0.05) is 18.7 Å². The van der Waals surface area contributed by atoms with Crippen molar-refractivity contribution in [1.29, 1.82) is 0 Å². The SMILES string of the molecule is COCCNC(=S)Nc1c(C)nn(Cc2ccc(Cl)cc2)c1C. The minimum absolute atomic E-state index is 0.569. The minimum atomic E-state index is 0.569. The van der Waals surface area contributed by atoms with Crippen LogP contribution in [0.15, 0.2) is 24.3 Å². The van der Waals surface area contributed by atoms with Gasteiger partial charge < -0.3 is 15.4 Å². The summed E-state index contributed by atoms with van der Waals surface area (Å²) in [6.07, 6.45) is 0. The molecule has 2 N–H and O–H groups in total. The van der Waals surface area contributed by atoms with E-state index in [0.29, 0.717) is 24.8 Å². The monoisotopic (exact) mass is 352 g/mol. The quantitative estimate of drug-likeness (QED) is 0.618. The fourth-order valence-electron chi connectivity index (χ4n) is 2.22. The normalized spacial score (nSPS) is 10.6. The summed E-state index contributed by atoms with van der Waals surface area (Å²) in [4.78, 5) is 0. The first-order chi connectivity index (χ1) is 11.0. The van der Waals surface area contributed by atoms with Crippen molar-refractivity contribution in [2.75, 3.05) is 25.6 Å². The fraction of sp³-hybridized carbons (Fsp3) is 0.375. The maximum Gasteiger partial charge on any atom is 0.170 e. The topological polar surface area (TPSA) is 51.1 Å². The van der Waals surface area contributed by atoms with Crippen LogP contribution in [0.1, 0.15) is 17.0 Å². The van der Waals surface area contributed by atoms with Crippen LogP contribution in [0.3, 0.4) is 0 Å². The van der Waals surface area contributed by atoms with Gasteiger partial charge in [-0.15, -0.1) is 0 Å². The maximum absolute atomic E-state index is 5.92. The van der Waals surface area contributed by atoms with Gasteiger partial charge in [-0.3, -0.25) is 4.68 Å². The van der Waals surface area contributed by atoms with Crippen molar-refractivity contribution in [3.8, 4) is 0 Å². The molecule has 0 amide bonds. The first-order valence-corrected chi connectivity index (χ1v) is 8.12. The molecule has 0 saturated heterocycles. The van der Waals surface area contributed by atoms with Gasteiger partial charge in [-0.1, -0.05) is 23.7 Å². The van der Waals surface area contributed by atoms with Crippen molar-refractivity contribution >= 4 is 34.6 Å². The molecule has 0 atom stereocenters. The number of thiocarbonyl (C=S) groups is 1. The van der Waals surface area contributed by atoms with Gasteiger partial charge in [0.2, 0.25) is 0 Å². The van der Waals surface area contributed by atoms with Crippen molar-refractivity contribution in [1.82, 2.24) is 15.1 Å². The van der Waals surface area contributed by atoms with E-state index in [4.69, 9.17) is 28.6 Å². The highest BCUT2D eigenvalue weighted by molar-refractivity contribution is 7.80. The molecule has 2 aromatic rings. The van der Waals surface area contributed by atoms with Crippen LogP contribution >= 0.6 is 23.8 Å². The number of methoxy groups -OCH3 is 1. The molecular formula is C16H21ClN4OS. The molecule has 0 bridgehead atoms. The summed E-state index contributed by atoms with van der Waals surface area (Å²) in [5.74, 6) is 0. The number of anilines is 1. The van der Waals surface area contributed by atoms with Crippen LogP contribution in [0.5, 0.6) is 0 Å². The standard InChI is InChI=1S/C16H21ClN4OS/c1-11-15(19-16(23)18-8-9-22-3)12(2)21(20-11)10-13-4-6-14(17)7-5-13/h4-7H,8-10H2,1-3H3,(H2,18,19,23). The van der Waals surface area contributed by atoms with Crippen LogP contribution in [-0.2, 0) is 11.3 Å². The molecule has 0 unspecified atom stereocenters. The van der Waals surface area contributed by atoms with Gasteiger partial charge in [-0.25, -0.2) is 0 Å². The molecule has 124 valence electrons. The molecule has 0 aliphatic rings. The number of hydrogen-bond donors (Lipinski definition) is 2. The molecule has 0 fully saturated rings. The molecular weight excluding hydrogens is 332 g/mol. The maximum atomic E-state index is 5.92. The molecule has 1 aromatic carbocycles. The predicted octanol–water partition coefficient (Wildman–Crippen LogP) is 3.13. The Morgan fingerprint density at radius 3 is 2.65 bits per heavy atom. The summed E-state index contributed by atoms with van der Waals surface area (Å²) in [7, 11) is 1.66. The van der Waals surface area contributed by atoms with Crippen molar-refractivity contribution in [2.45, 2.75) is 20.4 Å². The molecule has 2 rings (SSSR count). The highest BCUT2D eigenvalue weighted by atomic mass is 35.5. The Kier molecular flexibility index (Phi) is 6.38. The Bertz CT molecular complexity index is 669. The third-order valence-electron chi connectivity index (χ3n) is 3.46. The second-order valence-corrected chi connectivity index (χ2v) is 6.05. The number of nitrogens with zero attached hydrogens (tertiary/aromatic N) is 2. The Morgan fingerprint density at radius 2 is 2.00 bits per heavy atom. The fourth-order valence-corrected chi connectivity index (χ4v) is 2.55. The lowest BCUT2D eigenvalue weighted by molar-refractivity contribution is 0.204. The van der Waals surface area contributed by atoms with Gasteiger partial charge in [-0.2, -0.15) is 5.10 Å². The molecule has 0 aliphatic heterocycles. The van der Waals surface area contributed by atoms with E-state index in [-0.39, 0.29) is 0 Å². The van der Waals surface area contributed by atoms with E-state index in [1.54, 1.807) is 7.11 Å². The Morgan fingerprint density at radius 1 is 1.30 bits per heavy atom. The summed E-state index contributed by atoms with van der Waals surface area (Å²) in [5, 5.41) is 12.2. The number of aromatic nitrogens is 2. The van der Waals surface area contributed by atoms with E-state index in [2.05, 4.69) is 15.7 Å². The number of halogens is 1. The van der Waals surface area contributed by atoms with Crippen molar-refractivity contribution < 1.29 is 4.74 Å². The number of ether oxygens (including phenoxy) is 1. The van der Waals surface area contributed by atoms with Crippen molar-refractivity contribution in [3.05, 3.63) is 46.2 Å². The summed E-state index contributed by atoms with van der Waals surface area (Å²) in [5.41, 5.74) is 4.03. The van der Waals surface area contributed by atoms with Crippen LogP contribution in [0.2, 0.25) is 5.02 Å². The highest BCUT2D eigenvalue weighted by Crippen LogP contribution is 2.20. The van der Waals surface area contributed by atoms with E-state index < -0.39 is 0 Å². The van der Waals surface area contributed by atoms with Gasteiger partial charge in [0.25, 0.3) is 0 Å². The number of nitrogens with one attached hydrogen (secondary N) is 2. The largest absolute Gasteiger partial charge is 0.383 e. The first kappa shape index (κ1) is 17.7. The summed E-state index contributed by atoms with van der Waals surface area (Å²) >= 11 is 11.2. The van der Waals surface area contributed by atoms with Crippen LogP contribution in [-0.4, -0.2) is 35.2 Å². The Labute approximate surface area is 147 Å². The van der Waals surface area contributed by atoms with Gasteiger partial charge >= 0.3 is 0 Å². The van der Waals surface area contributed by atoms with E-state index in [0.717, 1.165) is 27.7 Å². The number of rotatable bonds is 6. The summed E-state index contributed by atoms with van der Waals surface area (Å²) in [6.45, 7) is 5.95. The van der Waals surface area contributed by atoms with Crippen molar-refractivity contribution in [2.24, 2.45) is 0 Å². The number of hydrogen-bond acceptors (Lipinski definition) is 3.